The van der Waals surface area contributed by atoms with E-state index in [-0.39, 0.29) is 0 Å². The molecule has 0 spiro atoms. The predicted octanol–water partition coefficient (Wildman–Crippen LogP) is 4.44. The van der Waals surface area contributed by atoms with Gasteiger partial charge in [-0.25, -0.2) is 0 Å². The zero-order valence-corrected chi connectivity index (χ0v) is 10.8. The van der Waals surface area contributed by atoms with Crippen molar-refractivity contribution in [3.8, 4) is 0 Å². The third-order valence-corrected chi connectivity index (χ3v) is 3.16. The third-order valence-electron chi connectivity index (χ3n) is 3.16. The quantitative estimate of drug-likeness (QED) is 0.758. The zero-order chi connectivity index (χ0) is 12.8. The molecule has 0 aliphatic rings. The lowest BCUT2D eigenvalue weighted by molar-refractivity contribution is 0.922. The molecule has 0 fully saturated rings. The predicted molar refractivity (Wildman–Crippen MR) is 79.1 cm³/mol. The lowest BCUT2D eigenvalue weighted by Crippen LogP contribution is -2.04. The topological polar surface area (TPSA) is 12.0 Å². The lowest BCUT2D eigenvalue weighted by atomic mass is 9.92. The van der Waals surface area contributed by atoms with Gasteiger partial charge in [-0.3, -0.25) is 0 Å². The number of para-hydroxylation sites is 1. The van der Waals surface area contributed by atoms with Crippen molar-refractivity contribution in [3.05, 3.63) is 78.4 Å². The van der Waals surface area contributed by atoms with Gasteiger partial charge in [0.15, 0.2) is 0 Å². The summed E-state index contributed by atoms with van der Waals surface area (Å²) in [6, 6.07) is 19.0. The molecule has 1 atom stereocenters. The fraction of sp³-hybridized carbons (Fsp3) is 0.176. The van der Waals surface area contributed by atoms with Crippen molar-refractivity contribution in [1.82, 2.24) is 0 Å². The fourth-order valence-electron chi connectivity index (χ4n) is 2.14. The van der Waals surface area contributed by atoms with Crippen LogP contribution in [0.5, 0.6) is 0 Å². The molecule has 0 saturated heterocycles. The Morgan fingerprint density at radius 2 is 1.72 bits per heavy atom. The van der Waals surface area contributed by atoms with Gasteiger partial charge in [0.25, 0.3) is 0 Å². The van der Waals surface area contributed by atoms with E-state index in [0.29, 0.717) is 5.92 Å². The van der Waals surface area contributed by atoms with E-state index >= 15 is 0 Å². The van der Waals surface area contributed by atoms with Crippen LogP contribution in [0.4, 0.5) is 5.69 Å². The molecule has 0 saturated carbocycles. The zero-order valence-electron chi connectivity index (χ0n) is 10.8. The second-order valence-corrected chi connectivity index (χ2v) is 4.39. The van der Waals surface area contributed by atoms with Crippen LogP contribution in [-0.2, 0) is 0 Å². The summed E-state index contributed by atoms with van der Waals surface area (Å²) in [5.41, 5.74) is 3.85. The van der Waals surface area contributed by atoms with Crippen molar-refractivity contribution in [2.75, 3.05) is 11.9 Å². The van der Waals surface area contributed by atoms with E-state index in [9.17, 15) is 0 Å². The Kier molecular flexibility index (Phi) is 4.19. The van der Waals surface area contributed by atoms with Gasteiger partial charge in [-0.05, 0) is 17.2 Å². The smallest absolute Gasteiger partial charge is 0.0381 e. The standard InChI is InChI=1S/C17H19N/c1-3-13-18-17-12-8-7-11-16(17)14(2)15-9-5-4-6-10-15/h3-12,14,18H,1,13H2,2H3. The maximum Gasteiger partial charge on any atom is 0.0381 e. The van der Waals surface area contributed by atoms with E-state index in [0.717, 1.165) is 6.54 Å². The number of hydrogen-bond donors (Lipinski definition) is 1. The van der Waals surface area contributed by atoms with Crippen molar-refractivity contribution in [3.63, 3.8) is 0 Å². The number of rotatable bonds is 5. The third kappa shape index (κ3) is 2.80. The fourth-order valence-corrected chi connectivity index (χ4v) is 2.14. The van der Waals surface area contributed by atoms with Crippen molar-refractivity contribution in [2.45, 2.75) is 12.8 Å². The van der Waals surface area contributed by atoms with Gasteiger partial charge in [0.05, 0.1) is 0 Å². The van der Waals surface area contributed by atoms with Crippen LogP contribution in [0.3, 0.4) is 0 Å². The molecule has 0 radical (unpaired) electrons. The molecule has 1 heteroatoms. The number of hydrogen-bond acceptors (Lipinski definition) is 1. The molecule has 92 valence electrons. The molecule has 0 aliphatic carbocycles. The maximum absolute atomic E-state index is 3.75. The van der Waals surface area contributed by atoms with Crippen molar-refractivity contribution >= 4 is 5.69 Å². The van der Waals surface area contributed by atoms with Crippen LogP contribution in [0.25, 0.3) is 0 Å². The molecule has 2 rings (SSSR count). The van der Waals surface area contributed by atoms with Crippen molar-refractivity contribution in [1.29, 1.82) is 0 Å². The summed E-state index contributed by atoms with van der Waals surface area (Å²) in [6.45, 7) is 6.78. The Bertz CT molecular complexity index is 502. The van der Waals surface area contributed by atoms with Gasteiger partial charge in [-0.2, -0.15) is 0 Å². The second-order valence-electron chi connectivity index (χ2n) is 4.39. The van der Waals surface area contributed by atoms with E-state index in [1.807, 2.05) is 6.08 Å². The van der Waals surface area contributed by atoms with Gasteiger partial charge < -0.3 is 5.32 Å². The first-order chi connectivity index (χ1) is 8.83. The van der Waals surface area contributed by atoms with E-state index in [4.69, 9.17) is 0 Å². The van der Waals surface area contributed by atoms with Crippen LogP contribution in [0.2, 0.25) is 0 Å². The van der Waals surface area contributed by atoms with E-state index in [2.05, 4.69) is 73.4 Å². The van der Waals surface area contributed by atoms with Crippen LogP contribution in [0.1, 0.15) is 24.0 Å². The normalized spacial score (nSPS) is 11.8. The minimum atomic E-state index is 0.389. The van der Waals surface area contributed by atoms with Gasteiger partial charge >= 0.3 is 0 Å². The first-order valence-electron chi connectivity index (χ1n) is 6.31. The Labute approximate surface area is 109 Å². The Balaban J connectivity index is 2.29. The molecule has 0 amide bonds. The lowest BCUT2D eigenvalue weighted by Gasteiger charge is -2.17. The van der Waals surface area contributed by atoms with Crippen LogP contribution in [0, 0.1) is 0 Å². The molecule has 18 heavy (non-hydrogen) atoms. The first-order valence-corrected chi connectivity index (χ1v) is 6.31. The highest BCUT2D eigenvalue weighted by Gasteiger charge is 2.11. The van der Waals surface area contributed by atoms with Gasteiger partial charge in [0.1, 0.15) is 0 Å². The molecule has 0 heterocycles. The largest absolute Gasteiger partial charge is 0.381 e. The van der Waals surface area contributed by atoms with Gasteiger partial charge in [-0.15, -0.1) is 6.58 Å². The minimum Gasteiger partial charge on any atom is -0.381 e. The summed E-state index contributed by atoms with van der Waals surface area (Å²) in [4.78, 5) is 0. The highest BCUT2D eigenvalue weighted by atomic mass is 14.9. The molecule has 2 aromatic rings. The highest BCUT2D eigenvalue weighted by molar-refractivity contribution is 5.55. The molecular formula is C17H19N. The van der Waals surface area contributed by atoms with Crippen molar-refractivity contribution < 1.29 is 0 Å². The molecule has 0 aliphatic heterocycles. The minimum absolute atomic E-state index is 0.389. The number of anilines is 1. The summed E-state index contributed by atoms with van der Waals surface area (Å²) in [5, 5.41) is 3.40. The molecule has 1 N–H and O–H groups in total. The van der Waals surface area contributed by atoms with Gasteiger partial charge in [0, 0.05) is 18.2 Å². The molecule has 1 nitrogen and oxygen atoms in total. The summed E-state index contributed by atoms with van der Waals surface area (Å²) < 4.78 is 0. The maximum atomic E-state index is 3.75. The Morgan fingerprint density at radius 3 is 2.44 bits per heavy atom. The van der Waals surface area contributed by atoms with Crippen LogP contribution < -0.4 is 5.32 Å². The summed E-state index contributed by atoms with van der Waals surface area (Å²) in [7, 11) is 0. The summed E-state index contributed by atoms with van der Waals surface area (Å²) in [5.74, 6) is 0.389. The molecule has 0 aromatic heterocycles. The highest BCUT2D eigenvalue weighted by Crippen LogP contribution is 2.29. The van der Waals surface area contributed by atoms with Crippen LogP contribution in [-0.4, -0.2) is 6.54 Å². The van der Waals surface area contributed by atoms with Gasteiger partial charge in [-0.1, -0.05) is 61.5 Å². The van der Waals surface area contributed by atoms with Crippen LogP contribution >= 0.6 is 0 Å². The Hall–Kier alpha value is -2.02. The molecule has 2 aromatic carbocycles. The summed E-state index contributed by atoms with van der Waals surface area (Å²) >= 11 is 0. The second kappa shape index (κ2) is 6.06. The van der Waals surface area contributed by atoms with E-state index < -0.39 is 0 Å². The molecule has 1 unspecified atom stereocenters. The summed E-state index contributed by atoms with van der Waals surface area (Å²) in [6.07, 6.45) is 1.88. The van der Waals surface area contributed by atoms with Crippen molar-refractivity contribution in [2.24, 2.45) is 0 Å². The molecular weight excluding hydrogens is 218 g/mol. The average Bonchev–Trinajstić information content (AvgIpc) is 2.45. The first kappa shape index (κ1) is 12.4. The number of nitrogens with one attached hydrogen (secondary N) is 1. The van der Waals surface area contributed by atoms with E-state index in [1.165, 1.54) is 16.8 Å². The number of benzene rings is 2. The van der Waals surface area contributed by atoms with Gasteiger partial charge in [0.2, 0.25) is 0 Å². The Morgan fingerprint density at radius 1 is 1.06 bits per heavy atom. The average molecular weight is 237 g/mol. The van der Waals surface area contributed by atoms with Crippen LogP contribution in [0.15, 0.2) is 67.3 Å². The van der Waals surface area contributed by atoms with E-state index in [1.54, 1.807) is 0 Å². The monoisotopic (exact) mass is 237 g/mol. The SMILES string of the molecule is C=CCNc1ccccc1C(C)c1ccccc1. The molecule has 0 bridgehead atoms.